The molecule has 1 rings (SSSR count). The van der Waals surface area contributed by atoms with Crippen molar-refractivity contribution in [3.63, 3.8) is 0 Å². The number of piperidine rings is 1. The van der Waals surface area contributed by atoms with Crippen molar-refractivity contribution in [1.29, 1.82) is 0 Å². The molecule has 1 aliphatic rings. The smallest absolute Gasteiger partial charge is 0.110 e. The van der Waals surface area contributed by atoms with E-state index in [0.29, 0.717) is 6.42 Å². The molecule has 11 heavy (non-hydrogen) atoms. The van der Waals surface area contributed by atoms with Gasteiger partial charge in [-0.15, -0.1) is 0 Å². The summed E-state index contributed by atoms with van der Waals surface area (Å²) in [6.07, 6.45) is 1.34. The van der Waals surface area contributed by atoms with Gasteiger partial charge in [0.2, 0.25) is 0 Å². The van der Waals surface area contributed by atoms with E-state index in [0.717, 1.165) is 19.4 Å². The predicted octanol–water partition coefficient (Wildman–Crippen LogP) is 0.514. The molecule has 0 spiro atoms. The number of hydrogen-bond donors (Lipinski definition) is 2. The van der Waals surface area contributed by atoms with Crippen molar-refractivity contribution < 1.29 is 10.2 Å². The number of nitrogens with one attached hydrogen (secondary N) is 1. The standard InChI is InChI=1S/C8H16NO2/c1-2-7(10)6-4-3-5-9-8(6)11/h6-9,11H,2-5H2,1H3. The van der Waals surface area contributed by atoms with Crippen molar-refractivity contribution >= 4 is 0 Å². The fourth-order valence-electron chi connectivity index (χ4n) is 1.59. The van der Waals surface area contributed by atoms with Crippen molar-refractivity contribution in [3.05, 3.63) is 0 Å². The average Bonchev–Trinajstić information content (AvgIpc) is 2.04. The van der Waals surface area contributed by atoms with Gasteiger partial charge in [0.25, 0.3) is 0 Å². The Kier molecular flexibility index (Phi) is 3.30. The van der Waals surface area contributed by atoms with E-state index in [2.05, 4.69) is 5.32 Å². The lowest BCUT2D eigenvalue weighted by molar-refractivity contribution is -0.0551. The molecule has 1 heterocycles. The van der Waals surface area contributed by atoms with Crippen LogP contribution < -0.4 is 5.32 Å². The first-order valence-corrected chi connectivity index (χ1v) is 4.33. The maximum absolute atomic E-state index is 11.3. The lowest BCUT2D eigenvalue weighted by atomic mass is 9.90. The lowest BCUT2D eigenvalue weighted by Crippen LogP contribution is -2.45. The van der Waals surface area contributed by atoms with Crippen LogP contribution in [0.1, 0.15) is 26.2 Å². The second-order valence-corrected chi connectivity index (χ2v) is 3.15. The SMILES string of the molecule is CCC([O])C1CCCNC1O. The molecule has 3 unspecified atom stereocenters. The van der Waals surface area contributed by atoms with Crippen molar-refractivity contribution in [2.45, 2.75) is 38.5 Å². The summed E-state index contributed by atoms with van der Waals surface area (Å²) in [6, 6.07) is 0. The fourth-order valence-corrected chi connectivity index (χ4v) is 1.59. The Hall–Kier alpha value is -0.120. The summed E-state index contributed by atoms with van der Waals surface area (Å²) in [7, 11) is 0. The Balaban J connectivity index is 2.40. The fraction of sp³-hybridized carbons (Fsp3) is 1.00. The van der Waals surface area contributed by atoms with Crippen molar-refractivity contribution in [2.75, 3.05) is 6.54 Å². The minimum atomic E-state index is -0.599. The van der Waals surface area contributed by atoms with Crippen molar-refractivity contribution in [3.8, 4) is 0 Å². The van der Waals surface area contributed by atoms with Crippen LogP contribution in [0.2, 0.25) is 0 Å². The third-order valence-electron chi connectivity index (χ3n) is 2.35. The number of aliphatic hydroxyl groups excluding tert-OH is 1. The van der Waals surface area contributed by atoms with Gasteiger partial charge in [0.1, 0.15) is 6.23 Å². The Morgan fingerprint density at radius 2 is 2.45 bits per heavy atom. The third kappa shape index (κ3) is 2.15. The minimum Gasteiger partial charge on any atom is -0.378 e. The Morgan fingerprint density at radius 1 is 1.73 bits per heavy atom. The summed E-state index contributed by atoms with van der Waals surface area (Å²) in [5.41, 5.74) is 0. The van der Waals surface area contributed by atoms with Crippen LogP contribution in [0, 0.1) is 5.92 Å². The van der Waals surface area contributed by atoms with E-state index in [1.807, 2.05) is 6.92 Å². The highest BCUT2D eigenvalue weighted by atomic mass is 16.3. The molecule has 0 amide bonds. The molecule has 3 atom stereocenters. The molecule has 0 aromatic carbocycles. The number of aliphatic hydroxyl groups is 1. The van der Waals surface area contributed by atoms with Gasteiger partial charge in [-0.05, 0) is 25.8 Å². The third-order valence-corrected chi connectivity index (χ3v) is 2.35. The van der Waals surface area contributed by atoms with Gasteiger partial charge < -0.3 is 5.11 Å². The molecule has 2 N–H and O–H groups in total. The average molecular weight is 158 g/mol. The molecule has 65 valence electrons. The lowest BCUT2D eigenvalue weighted by Gasteiger charge is -2.30. The summed E-state index contributed by atoms with van der Waals surface area (Å²) in [6.45, 7) is 2.72. The zero-order valence-electron chi connectivity index (χ0n) is 6.92. The van der Waals surface area contributed by atoms with Gasteiger partial charge in [-0.1, -0.05) is 6.92 Å². The summed E-state index contributed by atoms with van der Waals surface area (Å²) in [5.74, 6) is -0.0752. The molecule has 1 fully saturated rings. The molecule has 3 nitrogen and oxygen atoms in total. The van der Waals surface area contributed by atoms with E-state index in [4.69, 9.17) is 0 Å². The van der Waals surface area contributed by atoms with E-state index in [9.17, 15) is 10.2 Å². The summed E-state index contributed by atoms with van der Waals surface area (Å²) < 4.78 is 0. The first-order chi connectivity index (χ1) is 5.25. The van der Waals surface area contributed by atoms with Gasteiger partial charge in [0, 0.05) is 5.92 Å². The highest BCUT2D eigenvalue weighted by Gasteiger charge is 2.28. The molecular formula is C8H16NO2. The van der Waals surface area contributed by atoms with E-state index >= 15 is 0 Å². The second kappa shape index (κ2) is 4.04. The van der Waals surface area contributed by atoms with E-state index in [-0.39, 0.29) is 5.92 Å². The van der Waals surface area contributed by atoms with Gasteiger partial charge >= 0.3 is 0 Å². The van der Waals surface area contributed by atoms with Gasteiger partial charge in [-0.2, -0.15) is 0 Å². The zero-order chi connectivity index (χ0) is 8.27. The topological polar surface area (TPSA) is 52.2 Å². The maximum atomic E-state index is 11.3. The summed E-state index contributed by atoms with van der Waals surface area (Å²) >= 11 is 0. The molecule has 3 heteroatoms. The predicted molar refractivity (Wildman–Crippen MR) is 41.5 cm³/mol. The molecule has 1 radical (unpaired) electrons. The van der Waals surface area contributed by atoms with Crippen LogP contribution in [-0.2, 0) is 5.11 Å². The molecule has 0 aromatic heterocycles. The Bertz CT molecular complexity index is 115. The van der Waals surface area contributed by atoms with Gasteiger partial charge in [0.15, 0.2) is 0 Å². The summed E-state index contributed by atoms with van der Waals surface area (Å²) in [5, 5.41) is 23.5. The highest BCUT2D eigenvalue weighted by Crippen LogP contribution is 2.20. The molecular weight excluding hydrogens is 142 g/mol. The van der Waals surface area contributed by atoms with E-state index in [1.165, 1.54) is 0 Å². The normalized spacial score (nSPS) is 35.2. The first-order valence-electron chi connectivity index (χ1n) is 4.33. The quantitative estimate of drug-likeness (QED) is 0.615. The Labute approximate surface area is 67.4 Å². The van der Waals surface area contributed by atoms with Crippen LogP contribution in [0.25, 0.3) is 0 Å². The number of hydrogen-bond acceptors (Lipinski definition) is 2. The van der Waals surface area contributed by atoms with Crippen molar-refractivity contribution in [1.82, 2.24) is 5.32 Å². The van der Waals surface area contributed by atoms with Crippen LogP contribution in [-0.4, -0.2) is 24.0 Å². The molecule has 1 saturated heterocycles. The maximum Gasteiger partial charge on any atom is 0.110 e. The Morgan fingerprint density at radius 3 is 3.00 bits per heavy atom. The minimum absolute atomic E-state index is 0.0752. The second-order valence-electron chi connectivity index (χ2n) is 3.15. The molecule has 0 aromatic rings. The largest absolute Gasteiger partial charge is 0.378 e. The molecule has 1 aliphatic heterocycles. The highest BCUT2D eigenvalue weighted by molar-refractivity contribution is 4.78. The summed E-state index contributed by atoms with van der Waals surface area (Å²) in [4.78, 5) is 0. The van der Waals surface area contributed by atoms with E-state index in [1.54, 1.807) is 0 Å². The van der Waals surface area contributed by atoms with Gasteiger partial charge in [-0.3, -0.25) is 5.32 Å². The van der Waals surface area contributed by atoms with Crippen LogP contribution in [0.15, 0.2) is 0 Å². The zero-order valence-corrected chi connectivity index (χ0v) is 6.92. The molecule has 0 aliphatic carbocycles. The first kappa shape index (κ1) is 8.97. The van der Waals surface area contributed by atoms with Gasteiger partial charge in [-0.25, -0.2) is 5.11 Å². The number of rotatable bonds is 2. The van der Waals surface area contributed by atoms with Crippen LogP contribution in [0.3, 0.4) is 0 Å². The van der Waals surface area contributed by atoms with Crippen LogP contribution >= 0.6 is 0 Å². The van der Waals surface area contributed by atoms with Crippen LogP contribution in [0.5, 0.6) is 0 Å². The molecule has 0 saturated carbocycles. The monoisotopic (exact) mass is 158 g/mol. The van der Waals surface area contributed by atoms with Crippen LogP contribution in [0.4, 0.5) is 0 Å². The van der Waals surface area contributed by atoms with E-state index < -0.39 is 12.3 Å². The van der Waals surface area contributed by atoms with Crippen molar-refractivity contribution in [2.24, 2.45) is 5.92 Å². The molecule has 0 bridgehead atoms. The van der Waals surface area contributed by atoms with Gasteiger partial charge in [0.05, 0.1) is 6.10 Å².